The van der Waals surface area contributed by atoms with Gasteiger partial charge in [0.2, 0.25) is 0 Å². The maximum atomic E-state index is 8.87. The molecule has 0 aliphatic heterocycles. The molecule has 1 atom stereocenters. The van der Waals surface area contributed by atoms with E-state index in [2.05, 4.69) is 0 Å². The summed E-state index contributed by atoms with van der Waals surface area (Å²) >= 11 is 0. The van der Waals surface area contributed by atoms with Crippen LogP contribution in [0.4, 0.5) is 0 Å². The SMILES string of the molecule is OB(O)C1=C2CCC(C2)C1. The van der Waals surface area contributed by atoms with Crippen LogP contribution in [0.15, 0.2) is 11.0 Å². The molecule has 1 unspecified atom stereocenters. The summed E-state index contributed by atoms with van der Waals surface area (Å²) < 4.78 is 0. The molecule has 0 aromatic heterocycles. The van der Waals surface area contributed by atoms with Gasteiger partial charge in [0.15, 0.2) is 0 Å². The number of fused-ring (bicyclic) bond motifs is 2. The molecule has 2 bridgehead atoms. The predicted octanol–water partition coefficient (Wildman–Crippen LogP) is 0.499. The van der Waals surface area contributed by atoms with Gasteiger partial charge in [-0.15, -0.1) is 0 Å². The summed E-state index contributed by atoms with van der Waals surface area (Å²) in [5.41, 5.74) is 2.23. The zero-order chi connectivity index (χ0) is 7.14. The molecule has 54 valence electrons. The van der Waals surface area contributed by atoms with Gasteiger partial charge in [0.05, 0.1) is 0 Å². The van der Waals surface area contributed by atoms with Crippen molar-refractivity contribution < 1.29 is 10.0 Å². The summed E-state index contributed by atoms with van der Waals surface area (Å²) in [6, 6.07) is 0. The Kier molecular flexibility index (Phi) is 1.36. The van der Waals surface area contributed by atoms with Gasteiger partial charge in [-0.3, -0.25) is 0 Å². The van der Waals surface area contributed by atoms with Crippen LogP contribution in [0.2, 0.25) is 0 Å². The highest BCUT2D eigenvalue weighted by atomic mass is 16.4. The molecule has 0 spiro atoms. The lowest BCUT2D eigenvalue weighted by atomic mass is 9.74. The summed E-state index contributed by atoms with van der Waals surface area (Å²) in [6.45, 7) is 0. The van der Waals surface area contributed by atoms with Crippen molar-refractivity contribution in [1.29, 1.82) is 0 Å². The van der Waals surface area contributed by atoms with Crippen molar-refractivity contribution in [2.75, 3.05) is 0 Å². The van der Waals surface area contributed by atoms with Gasteiger partial charge in [0.25, 0.3) is 0 Å². The lowest BCUT2D eigenvalue weighted by Gasteiger charge is -2.09. The largest absolute Gasteiger partial charge is 0.484 e. The molecule has 2 aliphatic rings. The summed E-state index contributed by atoms with van der Waals surface area (Å²) in [7, 11) is -1.17. The summed E-state index contributed by atoms with van der Waals surface area (Å²) in [5.74, 6) is 0.742. The molecule has 1 saturated carbocycles. The van der Waals surface area contributed by atoms with Gasteiger partial charge in [-0.1, -0.05) is 5.57 Å². The van der Waals surface area contributed by atoms with Gasteiger partial charge in [-0.25, -0.2) is 0 Å². The van der Waals surface area contributed by atoms with Gasteiger partial charge < -0.3 is 10.0 Å². The maximum absolute atomic E-state index is 8.87. The molecule has 10 heavy (non-hydrogen) atoms. The van der Waals surface area contributed by atoms with E-state index in [1.54, 1.807) is 0 Å². The van der Waals surface area contributed by atoms with Crippen LogP contribution in [0.5, 0.6) is 0 Å². The molecule has 0 aromatic rings. The fourth-order valence-corrected chi connectivity index (χ4v) is 2.14. The third kappa shape index (κ3) is 0.813. The highest BCUT2D eigenvalue weighted by Crippen LogP contribution is 2.44. The van der Waals surface area contributed by atoms with E-state index in [9.17, 15) is 0 Å². The zero-order valence-corrected chi connectivity index (χ0v) is 5.88. The highest BCUT2D eigenvalue weighted by molar-refractivity contribution is 6.51. The number of hydrogen-bond acceptors (Lipinski definition) is 2. The Morgan fingerprint density at radius 1 is 1.30 bits per heavy atom. The number of hydrogen-bond donors (Lipinski definition) is 2. The van der Waals surface area contributed by atoms with Crippen molar-refractivity contribution in [2.24, 2.45) is 5.92 Å². The molecular weight excluding hydrogens is 127 g/mol. The number of allylic oxidation sites excluding steroid dienone is 2. The maximum Gasteiger partial charge on any atom is 0.484 e. The van der Waals surface area contributed by atoms with E-state index < -0.39 is 7.12 Å². The molecule has 0 heterocycles. The predicted molar refractivity (Wildman–Crippen MR) is 39.2 cm³/mol. The average molecular weight is 138 g/mol. The van der Waals surface area contributed by atoms with E-state index in [1.165, 1.54) is 12.0 Å². The fourth-order valence-electron chi connectivity index (χ4n) is 2.14. The van der Waals surface area contributed by atoms with Crippen LogP contribution in [0.1, 0.15) is 25.7 Å². The van der Waals surface area contributed by atoms with Crippen LogP contribution >= 0.6 is 0 Å². The molecule has 2 aliphatic carbocycles. The minimum Gasteiger partial charge on any atom is -0.423 e. The topological polar surface area (TPSA) is 40.5 Å². The average Bonchev–Trinajstić information content (AvgIpc) is 2.44. The molecule has 2 N–H and O–H groups in total. The second-order valence-electron chi connectivity index (χ2n) is 3.32. The van der Waals surface area contributed by atoms with Gasteiger partial charge in [-0.05, 0) is 37.1 Å². The van der Waals surface area contributed by atoms with Gasteiger partial charge in [0, 0.05) is 0 Å². The van der Waals surface area contributed by atoms with Crippen molar-refractivity contribution in [1.82, 2.24) is 0 Å². The molecule has 0 saturated heterocycles. The quantitative estimate of drug-likeness (QED) is 0.518. The van der Waals surface area contributed by atoms with Crippen LogP contribution in [0.3, 0.4) is 0 Å². The van der Waals surface area contributed by atoms with E-state index in [1.807, 2.05) is 0 Å². The van der Waals surface area contributed by atoms with E-state index in [4.69, 9.17) is 10.0 Å². The van der Waals surface area contributed by atoms with Gasteiger partial charge in [0.1, 0.15) is 0 Å². The van der Waals surface area contributed by atoms with Crippen LogP contribution in [0, 0.1) is 5.92 Å². The third-order valence-electron chi connectivity index (χ3n) is 2.66. The second-order valence-corrected chi connectivity index (χ2v) is 3.32. The number of rotatable bonds is 1. The van der Waals surface area contributed by atoms with Crippen molar-refractivity contribution in [2.45, 2.75) is 25.7 Å². The first-order chi connectivity index (χ1) is 4.77. The van der Waals surface area contributed by atoms with E-state index in [0.29, 0.717) is 0 Å². The standard InChI is InChI=1S/C7H11BO2/c9-8(10)7-4-5-1-2-6(7)3-5/h5,9-10H,1-4H2. The second kappa shape index (κ2) is 2.11. The molecule has 0 amide bonds. The van der Waals surface area contributed by atoms with Crippen LogP contribution in [-0.2, 0) is 0 Å². The first kappa shape index (κ1) is 6.44. The Bertz CT molecular complexity index is 186. The summed E-state index contributed by atoms with van der Waals surface area (Å²) in [4.78, 5) is 0. The Morgan fingerprint density at radius 3 is 2.40 bits per heavy atom. The Balaban J connectivity index is 2.22. The highest BCUT2D eigenvalue weighted by Gasteiger charge is 2.34. The minimum atomic E-state index is -1.17. The molecule has 0 aromatic carbocycles. The minimum absolute atomic E-state index is 0.742. The smallest absolute Gasteiger partial charge is 0.423 e. The zero-order valence-electron chi connectivity index (χ0n) is 5.88. The molecular formula is C7H11BO2. The third-order valence-corrected chi connectivity index (χ3v) is 2.66. The van der Waals surface area contributed by atoms with Crippen molar-refractivity contribution in [3.8, 4) is 0 Å². The lowest BCUT2D eigenvalue weighted by Crippen LogP contribution is -2.17. The van der Waals surface area contributed by atoms with Crippen molar-refractivity contribution in [3.05, 3.63) is 11.0 Å². The molecule has 3 heteroatoms. The fraction of sp³-hybridized carbons (Fsp3) is 0.714. The Labute approximate surface area is 60.7 Å². The van der Waals surface area contributed by atoms with E-state index in [-0.39, 0.29) is 0 Å². The molecule has 2 nitrogen and oxygen atoms in total. The van der Waals surface area contributed by atoms with Crippen LogP contribution in [0.25, 0.3) is 0 Å². The normalized spacial score (nSPS) is 30.0. The monoisotopic (exact) mass is 138 g/mol. The lowest BCUT2D eigenvalue weighted by molar-refractivity contribution is 0.411. The summed E-state index contributed by atoms with van der Waals surface area (Å²) in [5, 5.41) is 17.7. The van der Waals surface area contributed by atoms with E-state index in [0.717, 1.165) is 30.7 Å². The first-order valence-corrected chi connectivity index (χ1v) is 3.84. The first-order valence-electron chi connectivity index (χ1n) is 3.84. The van der Waals surface area contributed by atoms with Crippen LogP contribution in [-0.4, -0.2) is 17.2 Å². The van der Waals surface area contributed by atoms with Gasteiger partial charge in [-0.2, -0.15) is 0 Å². The van der Waals surface area contributed by atoms with Crippen molar-refractivity contribution in [3.63, 3.8) is 0 Å². The van der Waals surface area contributed by atoms with Gasteiger partial charge >= 0.3 is 7.12 Å². The Hall–Kier alpha value is -0.275. The van der Waals surface area contributed by atoms with E-state index >= 15 is 0 Å². The summed E-state index contributed by atoms with van der Waals surface area (Å²) in [6.07, 6.45) is 4.45. The van der Waals surface area contributed by atoms with Crippen LogP contribution < -0.4 is 0 Å². The van der Waals surface area contributed by atoms with Crippen molar-refractivity contribution >= 4 is 7.12 Å². The molecule has 2 rings (SSSR count). The molecule has 0 radical (unpaired) electrons. The molecule has 1 fully saturated rings. The Morgan fingerprint density at radius 2 is 2.10 bits per heavy atom.